The molecule has 2 aliphatic heterocycles. The molecule has 7 rings (SSSR count). The molecule has 1 saturated carbocycles. The number of imidazole rings is 1. The Hall–Kier alpha value is -3.82. The number of ether oxygens (including phenoxy) is 1. The van der Waals surface area contributed by atoms with E-state index in [-0.39, 0.29) is 17.9 Å². The molecule has 3 fully saturated rings. The standard InChI is InChI=1S/C26H26N6O3/c27-22-21-20(17-4-6-18(7-5-17)23(34)30-19-3-1-2-12-28-19)31-24(32(21)14-13-29-22)25-8-10-26(15-33,11-9-25)35-16-25/h1-7,12-14,33H,8-11,15-16H2,(H2,27,29)(H,28,30,34). The molecule has 0 atom stereocenters. The Balaban J connectivity index is 1.36. The number of nitrogen functional groups attached to an aromatic ring is 1. The van der Waals surface area contributed by atoms with Gasteiger partial charge in [0.1, 0.15) is 28.7 Å². The number of nitrogens with two attached hydrogens (primary N) is 1. The molecular formula is C26H26N6O3. The Morgan fingerprint density at radius 1 is 1.09 bits per heavy atom. The maximum atomic E-state index is 12.6. The van der Waals surface area contributed by atoms with Crippen LogP contribution in [0, 0.1) is 0 Å². The topological polar surface area (TPSA) is 128 Å². The smallest absolute Gasteiger partial charge is 0.256 e. The molecule has 2 bridgehead atoms. The van der Waals surface area contributed by atoms with E-state index >= 15 is 0 Å². The minimum absolute atomic E-state index is 0.0494. The van der Waals surface area contributed by atoms with E-state index in [0.29, 0.717) is 23.8 Å². The van der Waals surface area contributed by atoms with Crippen LogP contribution in [0.3, 0.4) is 0 Å². The molecular weight excluding hydrogens is 444 g/mol. The van der Waals surface area contributed by atoms with E-state index in [1.165, 1.54) is 0 Å². The van der Waals surface area contributed by atoms with Crippen molar-refractivity contribution in [3.05, 3.63) is 72.4 Å². The van der Waals surface area contributed by atoms with E-state index in [1.54, 1.807) is 36.7 Å². The van der Waals surface area contributed by atoms with Crippen molar-refractivity contribution in [2.24, 2.45) is 0 Å². The van der Waals surface area contributed by atoms with Gasteiger partial charge in [-0.3, -0.25) is 9.20 Å². The summed E-state index contributed by atoms with van der Waals surface area (Å²) in [4.78, 5) is 26.2. The number of aromatic nitrogens is 4. The van der Waals surface area contributed by atoms with E-state index in [1.807, 2.05) is 28.8 Å². The van der Waals surface area contributed by atoms with Gasteiger partial charge in [0.05, 0.1) is 24.2 Å². The summed E-state index contributed by atoms with van der Waals surface area (Å²) in [5.74, 6) is 1.56. The third-order valence-corrected chi connectivity index (χ3v) is 7.45. The SMILES string of the molecule is Nc1nccn2c(C34CCC(CO)(CC3)OC4)nc(-c3ccc(C(=O)Nc4ccccn4)cc3)c12. The lowest BCUT2D eigenvalue weighted by Gasteiger charge is -2.51. The van der Waals surface area contributed by atoms with E-state index in [9.17, 15) is 9.90 Å². The molecule has 1 aromatic carbocycles. The highest BCUT2D eigenvalue weighted by molar-refractivity contribution is 6.04. The van der Waals surface area contributed by atoms with Crippen molar-refractivity contribution >= 4 is 23.1 Å². The largest absolute Gasteiger partial charge is 0.393 e. The number of aliphatic hydroxyl groups is 1. The fraction of sp³-hybridized carbons (Fsp3) is 0.308. The number of benzene rings is 1. The number of pyridine rings is 1. The molecule has 1 aliphatic carbocycles. The van der Waals surface area contributed by atoms with Gasteiger partial charge in [0.15, 0.2) is 0 Å². The Morgan fingerprint density at radius 2 is 1.89 bits per heavy atom. The number of hydrogen-bond acceptors (Lipinski definition) is 7. The first-order valence-electron chi connectivity index (χ1n) is 11.7. The summed E-state index contributed by atoms with van der Waals surface area (Å²) in [6.45, 7) is 0.564. The number of nitrogens with zero attached hydrogens (tertiary/aromatic N) is 4. The summed E-state index contributed by atoms with van der Waals surface area (Å²) in [6, 6.07) is 12.6. The highest BCUT2D eigenvalue weighted by Crippen LogP contribution is 2.50. The maximum absolute atomic E-state index is 12.6. The average molecular weight is 471 g/mol. The van der Waals surface area contributed by atoms with Gasteiger partial charge >= 0.3 is 0 Å². The molecule has 9 heteroatoms. The van der Waals surface area contributed by atoms with Gasteiger partial charge in [0.2, 0.25) is 0 Å². The zero-order valence-electron chi connectivity index (χ0n) is 19.1. The Labute approximate surface area is 202 Å². The Kier molecular flexibility index (Phi) is 5.05. The highest BCUT2D eigenvalue weighted by Gasteiger charge is 2.52. The fourth-order valence-corrected chi connectivity index (χ4v) is 5.30. The molecule has 178 valence electrons. The zero-order valence-corrected chi connectivity index (χ0v) is 19.1. The summed E-state index contributed by atoms with van der Waals surface area (Å²) in [5.41, 5.74) is 8.50. The molecule has 35 heavy (non-hydrogen) atoms. The third-order valence-electron chi connectivity index (χ3n) is 7.45. The van der Waals surface area contributed by atoms with Crippen molar-refractivity contribution < 1.29 is 14.6 Å². The van der Waals surface area contributed by atoms with E-state index in [4.69, 9.17) is 15.5 Å². The van der Waals surface area contributed by atoms with Gasteiger partial charge < -0.3 is 20.9 Å². The number of amides is 1. The monoisotopic (exact) mass is 470 g/mol. The number of hydrogen-bond donors (Lipinski definition) is 3. The maximum Gasteiger partial charge on any atom is 0.256 e. The molecule has 4 aromatic rings. The van der Waals surface area contributed by atoms with Gasteiger partial charge in [-0.05, 0) is 49.9 Å². The zero-order chi connectivity index (χ0) is 24.0. The van der Waals surface area contributed by atoms with Crippen LogP contribution in [0.4, 0.5) is 11.6 Å². The molecule has 4 N–H and O–H groups in total. The fourth-order valence-electron chi connectivity index (χ4n) is 5.30. The van der Waals surface area contributed by atoms with Crippen LogP contribution < -0.4 is 11.1 Å². The molecule has 0 spiro atoms. The number of rotatable bonds is 5. The molecule has 2 saturated heterocycles. The third kappa shape index (κ3) is 3.55. The van der Waals surface area contributed by atoms with Crippen LogP contribution in [0.2, 0.25) is 0 Å². The second kappa shape index (κ2) is 8.14. The van der Waals surface area contributed by atoms with E-state index in [0.717, 1.165) is 48.3 Å². The van der Waals surface area contributed by atoms with Crippen LogP contribution in [0.25, 0.3) is 16.8 Å². The molecule has 9 nitrogen and oxygen atoms in total. The average Bonchev–Trinajstić information content (AvgIpc) is 3.32. The van der Waals surface area contributed by atoms with Crippen molar-refractivity contribution in [1.29, 1.82) is 0 Å². The molecule has 0 radical (unpaired) electrons. The molecule has 1 amide bonds. The minimum atomic E-state index is -0.413. The van der Waals surface area contributed by atoms with Gasteiger partial charge in [-0.1, -0.05) is 18.2 Å². The van der Waals surface area contributed by atoms with Crippen LogP contribution in [0.15, 0.2) is 61.1 Å². The van der Waals surface area contributed by atoms with E-state index in [2.05, 4.69) is 15.3 Å². The number of nitrogens with one attached hydrogen (secondary N) is 1. The van der Waals surface area contributed by atoms with Crippen LogP contribution in [0.1, 0.15) is 41.9 Å². The first-order chi connectivity index (χ1) is 17.0. The van der Waals surface area contributed by atoms with Gasteiger partial charge in [-0.2, -0.15) is 0 Å². The second-order valence-corrected chi connectivity index (χ2v) is 9.47. The van der Waals surface area contributed by atoms with Gasteiger partial charge in [-0.25, -0.2) is 15.0 Å². The first-order valence-corrected chi connectivity index (χ1v) is 11.7. The van der Waals surface area contributed by atoms with Crippen molar-refractivity contribution in [1.82, 2.24) is 19.4 Å². The molecule has 3 aliphatic rings. The predicted molar refractivity (Wildman–Crippen MR) is 131 cm³/mol. The lowest BCUT2D eigenvalue weighted by molar-refractivity contribution is -0.177. The van der Waals surface area contributed by atoms with Gasteiger partial charge in [0, 0.05) is 29.7 Å². The van der Waals surface area contributed by atoms with Crippen LogP contribution in [-0.4, -0.2) is 49.2 Å². The first kappa shape index (κ1) is 21.7. The normalized spacial score (nSPS) is 23.5. The summed E-state index contributed by atoms with van der Waals surface area (Å²) < 4.78 is 8.18. The minimum Gasteiger partial charge on any atom is -0.393 e. The number of fused-ring (bicyclic) bond motifs is 4. The van der Waals surface area contributed by atoms with E-state index < -0.39 is 5.60 Å². The summed E-state index contributed by atoms with van der Waals surface area (Å²) in [5, 5.41) is 12.6. The molecule has 5 heterocycles. The summed E-state index contributed by atoms with van der Waals surface area (Å²) in [6.07, 6.45) is 8.59. The molecule has 3 aromatic heterocycles. The lowest BCUT2D eigenvalue weighted by atomic mass is 9.66. The quantitative estimate of drug-likeness (QED) is 0.409. The van der Waals surface area contributed by atoms with Crippen molar-refractivity contribution in [3.8, 4) is 11.3 Å². The lowest BCUT2D eigenvalue weighted by Crippen LogP contribution is -2.55. The van der Waals surface area contributed by atoms with Gasteiger partial charge in [-0.15, -0.1) is 0 Å². The Morgan fingerprint density at radius 3 is 2.54 bits per heavy atom. The molecule has 0 unspecified atom stereocenters. The highest BCUT2D eigenvalue weighted by atomic mass is 16.5. The van der Waals surface area contributed by atoms with Crippen LogP contribution in [0.5, 0.6) is 0 Å². The van der Waals surface area contributed by atoms with Crippen LogP contribution >= 0.6 is 0 Å². The number of carbonyl (C=O) groups excluding carboxylic acids is 1. The van der Waals surface area contributed by atoms with Crippen molar-refractivity contribution in [2.75, 3.05) is 24.3 Å². The summed E-state index contributed by atoms with van der Waals surface area (Å²) >= 11 is 0. The number of carbonyl (C=O) groups is 1. The number of aliphatic hydroxyl groups excluding tert-OH is 1. The van der Waals surface area contributed by atoms with Crippen molar-refractivity contribution in [2.45, 2.75) is 36.7 Å². The predicted octanol–water partition coefficient (Wildman–Crippen LogP) is 3.20. The number of anilines is 2. The van der Waals surface area contributed by atoms with Gasteiger partial charge in [0.25, 0.3) is 5.91 Å². The summed E-state index contributed by atoms with van der Waals surface area (Å²) in [7, 11) is 0. The Bertz CT molecular complexity index is 1380. The van der Waals surface area contributed by atoms with Crippen LogP contribution in [-0.2, 0) is 10.2 Å². The van der Waals surface area contributed by atoms with Crippen molar-refractivity contribution in [3.63, 3.8) is 0 Å². The second-order valence-electron chi connectivity index (χ2n) is 9.47.